The van der Waals surface area contributed by atoms with E-state index in [1.807, 2.05) is 6.92 Å². The number of benzene rings is 1. The van der Waals surface area contributed by atoms with E-state index in [0.717, 1.165) is 0 Å². The van der Waals surface area contributed by atoms with E-state index in [2.05, 4.69) is 5.32 Å². The fraction of sp³-hybridized carbons (Fsp3) is 0.385. The van der Waals surface area contributed by atoms with Gasteiger partial charge in [0.25, 0.3) is 0 Å². The van der Waals surface area contributed by atoms with E-state index in [9.17, 15) is 9.59 Å². The molecule has 1 aromatic rings. The second-order valence-electron chi connectivity index (χ2n) is 3.68. The van der Waals surface area contributed by atoms with Gasteiger partial charge in [0.2, 0.25) is 5.91 Å². The first-order chi connectivity index (χ1) is 9.13. The van der Waals surface area contributed by atoms with Crippen molar-refractivity contribution in [2.24, 2.45) is 0 Å². The Hall–Kier alpha value is -1.69. The lowest BCUT2D eigenvalue weighted by Gasteiger charge is -2.06. The van der Waals surface area contributed by atoms with Gasteiger partial charge in [-0.15, -0.1) is 11.8 Å². The van der Waals surface area contributed by atoms with Gasteiger partial charge in [0, 0.05) is 12.3 Å². The topological polar surface area (TPSA) is 75.6 Å². The summed E-state index contributed by atoms with van der Waals surface area (Å²) < 4.78 is 5.44. The van der Waals surface area contributed by atoms with Crippen molar-refractivity contribution in [3.63, 3.8) is 0 Å². The molecular formula is C13H17NO4S. The minimum atomic E-state index is -0.955. The summed E-state index contributed by atoms with van der Waals surface area (Å²) in [6.07, 6.45) is 0. The van der Waals surface area contributed by atoms with Gasteiger partial charge < -0.3 is 15.2 Å². The first-order valence-corrected chi connectivity index (χ1v) is 7.09. The largest absolute Gasteiger partial charge is 0.493 e. The van der Waals surface area contributed by atoms with Crippen LogP contribution < -0.4 is 10.1 Å². The van der Waals surface area contributed by atoms with Gasteiger partial charge in [-0.1, -0.05) is 0 Å². The summed E-state index contributed by atoms with van der Waals surface area (Å²) in [6, 6.07) is 6.24. The molecule has 2 N–H and O–H groups in total. The molecule has 0 aromatic heterocycles. The summed E-state index contributed by atoms with van der Waals surface area (Å²) in [5, 5.41) is 11.5. The first kappa shape index (κ1) is 15.4. The van der Waals surface area contributed by atoms with Crippen LogP contribution in [0.4, 0.5) is 0 Å². The molecule has 0 aliphatic heterocycles. The van der Waals surface area contributed by atoms with Gasteiger partial charge in [0.1, 0.15) is 5.75 Å². The van der Waals surface area contributed by atoms with Crippen molar-refractivity contribution in [1.82, 2.24) is 5.32 Å². The van der Waals surface area contributed by atoms with Crippen LogP contribution in [0, 0.1) is 0 Å². The maximum absolute atomic E-state index is 11.1. The Morgan fingerprint density at radius 1 is 1.32 bits per heavy atom. The van der Waals surface area contributed by atoms with Gasteiger partial charge in [-0.25, -0.2) is 4.79 Å². The Balaban J connectivity index is 2.19. The van der Waals surface area contributed by atoms with Crippen molar-refractivity contribution in [1.29, 1.82) is 0 Å². The molecular weight excluding hydrogens is 266 g/mol. The van der Waals surface area contributed by atoms with Crippen molar-refractivity contribution < 1.29 is 19.4 Å². The van der Waals surface area contributed by atoms with Crippen LogP contribution in [-0.4, -0.2) is 41.6 Å². The first-order valence-electron chi connectivity index (χ1n) is 5.94. The zero-order valence-electron chi connectivity index (χ0n) is 10.7. The number of amides is 1. The molecule has 0 unspecified atom stereocenters. The molecule has 0 saturated heterocycles. The van der Waals surface area contributed by atoms with Crippen LogP contribution >= 0.6 is 11.8 Å². The molecule has 0 atom stereocenters. The summed E-state index contributed by atoms with van der Waals surface area (Å²) in [6.45, 7) is 3.01. The fourth-order valence-corrected chi connectivity index (χ4v) is 1.96. The highest BCUT2D eigenvalue weighted by Gasteiger charge is 2.02. The maximum Gasteiger partial charge on any atom is 0.335 e. The van der Waals surface area contributed by atoms with Crippen molar-refractivity contribution in [2.75, 3.05) is 24.7 Å². The molecule has 6 heteroatoms. The minimum Gasteiger partial charge on any atom is -0.493 e. The van der Waals surface area contributed by atoms with E-state index in [0.29, 0.717) is 30.4 Å². The Morgan fingerprint density at radius 3 is 2.58 bits per heavy atom. The van der Waals surface area contributed by atoms with Crippen molar-refractivity contribution in [2.45, 2.75) is 6.92 Å². The van der Waals surface area contributed by atoms with Crippen LogP contribution in [0.1, 0.15) is 17.3 Å². The molecule has 5 nitrogen and oxygen atoms in total. The van der Waals surface area contributed by atoms with Gasteiger partial charge in [0.15, 0.2) is 0 Å². The zero-order valence-corrected chi connectivity index (χ0v) is 11.5. The molecule has 104 valence electrons. The van der Waals surface area contributed by atoms with Crippen LogP contribution in [0.5, 0.6) is 5.75 Å². The Kier molecular flexibility index (Phi) is 6.81. The lowest BCUT2D eigenvalue weighted by atomic mass is 10.2. The molecule has 19 heavy (non-hydrogen) atoms. The van der Waals surface area contributed by atoms with Crippen LogP contribution in [0.25, 0.3) is 0 Å². The summed E-state index contributed by atoms with van der Waals surface area (Å²) in [5.41, 5.74) is 0.234. The van der Waals surface area contributed by atoms with Crippen molar-refractivity contribution in [3.05, 3.63) is 29.8 Å². The van der Waals surface area contributed by atoms with E-state index >= 15 is 0 Å². The number of hydrogen-bond donors (Lipinski definition) is 2. The molecule has 0 bridgehead atoms. The van der Waals surface area contributed by atoms with E-state index in [1.54, 1.807) is 12.1 Å². The number of thioether (sulfide) groups is 1. The van der Waals surface area contributed by atoms with E-state index in [-0.39, 0.29) is 11.5 Å². The molecule has 1 amide bonds. The Morgan fingerprint density at radius 2 is 2.00 bits per heavy atom. The molecule has 1 aromatic carbocycles. The van der Waals surface area contributed by atoms with E-state index in [1.165, 1.54) is 23.9 Å². The third-order valence-electron chi connectivity index (χ3n) is 2.20. The number of nitrogens with one attached hydrogen (secondary N) is 1. The molecule has 0 spiro atoms. The Labute approximate surface area is 116 Å². The average molecular weight is 283 g/mol. The summed E-state index contributed by atoms with van der Waals surface area (Å²) in [5.74, 6) is 0.832. The number of carbonyl (C=O) groups is 2. The number of carboxylic acids is 1. The standard InChI is InChI=1S/C13H17NO4S/c1-2-14-12(15)9-19-8-7-18-11-5-3-10(4-6-11)13(16)17/h3-6H,2,7-9H2,1H3,(H,14,15)(H,16,17). The predicted octanol–water partition coefficient (Wildman–Crippen LogP) is 1.63. The number of rotatable bonds is 8. The number of carbonyl (C=O) groups excluding carboxylic acids is 1. The smallest absolute Gasteiger partial charge is 0.335 e. The molecule has 0 aliphatic carbocycles. The second-order valence-corrected chi connectivity index (χ2v) is 4.79. The molecule has 0 radical (unpaired) electrons. The fourth-order valence-electron chi connectivity index (χ4n) is 1.33. The van der Waals surface area contributed by atoms with E-state index < -0.39 is 5.97 Å². The van der Waals surface area contributed by atoms with Gasteiger partial charge >= 0.3 is 5.97 Å². The second kappa shape index (κ2) is 8.42. The van der Waals surface area contributed by atoms with Gasteiger partial charge in [-0.3, -0.25) is 4.79 Å². The van der Waals surface area contributed by atoms with Crippen LogP contribution in [0.15, 0.2) is 24.3 Å². The van der Waals surface area contributed by atoms with Crippen LogP contribution in [-0.2, 0) is 4.79 Å². The van der Waals surface area contributed by atoms with Crippen LogP contribution in [0.2, 0.25) is 0 Å². The van der Waals surface area contributed by atoms with E-state index in [4.69, 9.17) is 9.84 Å². The number of aromatic carboxylic acids is 1. The van der Waals surface area contributed by atoms with Gasteiger partial charge in [0.05, 0.1) is 17.9 Å². The Bertz CT molecular complexity index is 419. The average Bonchev–Trinajstić information content (AvgIpc) is 2.39. The summed E-state index contributed by atoms with van der Waals surface area (Å²) in [4.78, 5) is 21.8. The number of carboxylic acid groups (broad SMARTS) is 1. The third kappa shape index (κ3) is 6.15. The highest BCUT2D eigenvalue weighted by atomic mass is 32.2. The van der Waals surface area contributed by atoms with Crippen LogP contribution in [0.3, 0.4) is 0 Å². The molecule has 0 aliphatic rings. The van der Waals surface area contributed by atoms with Gasteiger partial charge in [-0.05, 0) is 31.2 Å². The summed E-state index contributed by atoms with van der Waals surface area (Å²) in [7, 11) is 0. The highest BCUT2D eigenvalue weighted by Crippen LogP contribution is 2.12. The molecule has 0 saturated carbocycles. The van der Waals surface area contributed by atoms with Gasteiger partial charge in [-0.2, -0.15) is 0 Å². The monoisotopic (exact) mass is 283 g/mol. The van der Waals surface area contributed by atoms with Crippen molar-refractivity contribution >= 4 is 23.6 Å². The SMILES string of the molecule is CCNC(=O)CSCCOc1ccc(C(=O)O)cc1. The predicted molar refractivity (Wildman–Crippen MR) is 74.9 cm³/mol. The summed E-state index contributed by atoms with van der Waals surface area (Å²) >= 11 is 1.50. The maximum atomic E-state index is 11.1. The lowest BCUT2D eigenvalue weighted by molar-refractivity contribution is -0.118. The number of hydrogen-bond acceptors (Lipinski definition) is 4. The molecule has 1 rings (SSSR count). The zero-order chi connectivity index (χ0) is 14.1. The normalized spacial score (nSPS) is 9.95. The molecule has 0 fully saturated rings. The molecule has 0 heterocycles. The third-order valence-corrected chi connectivity index (χ3v) is 3.13. The number of ether oxygens (including phenoxy) is 1. The highest BCUT2D eigenvalue weighted by molar-refractivity contribution is 7.99. The van der Waals surface area contributed by atoms with Crippen molar-refractivity contribution in [3.8, 4) is 5.75 Å². The lowest BCUT2D eigenvalue weighted by Crippen LogP contribution is -2.24. The quantitative estimate of drug-likeness (QED) is 0.709. The minimum absolute atomic E-state index is 0.0262.